The van der Waals surface area contributed by atoms with Gasteiger partial charge in [-0.15, -0.1) is 23.2 Å². The van der Waals surface area contributed by atoms with Crippen LogP contribution in [-0.2, 0) is 13.9 Å². The maximum atomic E-state index is 12.4. The first kappa shape index (κ1) is 29.4. The van der Waals surface area contributed by atoms with Crippen molar-refractivity contribution in [1.82, 2.24) is 9.76 Å². The van der Waals surface area contributed by atoms with Crippen molar-refractivity contribution in [2.45, 2.75) is 25.7 Å². The SMILES string of the molecule is CC(=O)CC(c1ccccc1)c1c(O)c2ccccc2oc1=O.O=P1(N(CCCl)CCCl)NCCCO1. The van der Waals surface area contributed by atoms with E-state index < -0.39 is 19.2 Å². The molecule has 3 aromatic rings. The Morgan fingerprint density at radius 2 is 1.76 bits per heavy atom. The molecule has 1 aromatic heterocycles. The van der Waals surface area contributed by atoms with Gasteiger partial charge in [0.2, 0.25) is 0 Å². The lowest BCUT2D eigenvalue weighted by molar-refractivity contribution is -0.117. The number of rotatable bonds is 9. The van der Waals surface area contributed by atoms with Crippen LogP contribution in [0.5, 0.6) is 5.75 Å². The van der Waals surface area contributed by atoms with Crippen LogP contribution in [-0.4, -0.2) is 53.6 Å². The van der Waals surface area contributed by atoms with Crippen LogP contribution in [0.1, 0.15) is 36.8 Å². The predicted octanol–water partition coefficient (Wildman–Crippen LogP) is 5.49. The molecule has 11 heteroatoms. The minimum absolute atomic E-state index is 0.0641. The number of Topliss-reactive ketones (excluding diaryl/α,β-unsaturated/α-hetero) is 1. The molecule has 2 unspecified atom stereocenters. The first-order valence-electron chi connectivity index (χ1n) is 12.0. The minimum Gasteiger partial charge on any atom is -0.507 e. The number of aromatic hydroxyl groups is 1. The van der Waals surface area contributed by atoms with Crippen molar-refractivity contribution in [3.63, 3.8) is 0 Å². The lowest BCUT2D eigenvalue weighted by atomic mass is 9.87. The van der Waals surface area contributed by atoms with Crippen LogP contribution in [0.2, 0.25) is 0 Å². The number of benzene rings is 2. The van der Waals surface area contributed by atoms with E-state index in [1.165, 1.54) is 6.92 Å². The van der Waals surface area contributed by atoms with E-state index in [1.54, 1.807) is 28.9 Å². The van der Waals surface area contributed by atoms with Gasteiger partial charge in [0, 0.05) is 43.7 Å². The summed E-state index contributed by atoms with van der Waals surface area (Å²) in [4.78, 5) is 24.1. The summed E-state index contributed by atoms with van der Waals surface area (Å²) in [5, 5.41) is 14.0. The Hall–Kier alpha value is -2.19. The van der Waals surface area contributed by atoms with Crippen molar-refractivity contribution in [2.75, 3.05) is 38.0 Å². The molecule has 0 spiro atoms. The summed E-state index contributed by atoms with van der Waals surface area (Å²) in [6.45, 7) is 3.77. The Morgan fingerprint density at radius 1 is 1.11 bits per heavy atom. The fraction of sp³-hybridized carbons (Fsp3) is 0.385. The Bertz CT molecular complexity index is 1270. The van der Waals surface area contributed by atoms with Gasteiger partial charge in [0.05, 0.1) is 17.6 Å². The molecule has 2 heterocycles. The first-order valence-corrected chi connectivity index (χ1v) is 14.6. The molecule has 1 saturated heterocycles. The largest absolute Gasteiger partial charge is 0.507 e. The molecule has 4 rings (SSSR count). The van der Waals surface area contributed by atoms with Crippen molar-refractivity contribution in [2.24, 2.45) is 0 Å². The number of carbonyl (C=O) groups excluding carboxylic acids is 1. The Labute approximate surface area is 226 Å². The molecular weight excluding hydrogens is 538 g/mol. The molecule has 1 aliphatic heterocycles. The molecule has 2 N–H and O–H groups in total. The van der Waals surface area contributed by atoms with E-state index in [0.717, 1.165) is 18.5 Å². The van der Waals surface area contributed by atoms with Gasteiger partial charge in [-0.2, -0.15) is 0 Å². The Kier molecular flexibility index (Phi) is 11.2. The highest BCUT2D eigenvalue weighted by molar-refractivity contribution is 7.54. The van der Waals surface area contributed by atoms with Gasteiger partial charge >= 0.3 is 13.3 Å². The van der Waals surface area contributed by atoms with Crippen LogP contribution in [0.15, 0.2) is 63.8 Å². The highest BCUT2D eigenvalue weighted by Crippen LogP contribution is 2.48. The second-order valence-corrected chi connectivity index (χ2v) is 11.4. The van der Waals surface area contributed by atoms with Gasteiger partial charge < -0.3 is 14.0 Å². The lowest BCUT2D eigenvalue weighted by Gasteiger charge is -2.33. The van der Waals surface area contributed by atoms with Gasteiger partial charge in [-0.1, -0.05) is 42.5 Å². The molecule has 1 aliphatic rings. The normalized spacial score (nSPS) is 18.3. The van der Waals surface area contributed by atoms with E-state index in [9.17, 15) is 19.3 Å². The van der Waals surface area contributed by atoms with Gasteiger partial charge in [0.15, 0.2) is 0 Å². The van der Waals surface area contributed by atoms with Gasteiger partial charge in [0.1, 0.15) is 17.1 Å². The van der Waals surface area contributed by atoms with E-state index in [0.29, 0.717) is 42.4 Å². The van der Waals surface area contributed by atoms with E-state index in [-0.39, 0.29) is 23.5 Å². The monoisotopic (exact) mass is 568 g/mol. The van der Waals surface area contributed by atoms with Crippen LogP contribution in [0, 0.1) is 0 Å². The van der Waals surface area contributed by atoms with E-state index in [2.05, 4.69) is 5.09 Å². The van der Waals surface area contributed by atoms with Gasteiger partial charge in [-0.25, -0.2) is 14.6 Å². The second kappa shape index (κ2) is 14.1. The number of para-hydroxylation sites is 1. The highest BCUT2D eigenvalue weighted by atomic mass is 35.5. The minimum atomic E-state index is -2.84. The van der Waals surface area contributed by atoms with Crippen molar-refractivity contribution in [3.8, 4) is 5.75 Å². The molecule has 0 saturated carbocycles. The van der Waals surface area contributed by atoms with Gasteiger partial charge in [-0.05, 0) is 31.0 Å². The summed E-state index contributed by atoms with van der Waals surface area (Å²) in [5.74, 6) is 0.130. The maximum absolute atomic E-state index is 12.4. The van der Waals surface area contributed by atoms with E-state index in [4.69, 9.17) is 32.1 Å². The number of fused-ring (bicyclic) bond motifs is 1. The second-order valence-electron chi connectivity index (χ2n) is 8.46. The molecular formula is C26H31Cl2N2O6P. The molecule has 2 atom stereocenters. The van der Waals surface area contributed by atoms with Crippen molar-refractivity contribution < 1.29 is 23.4 Å². The highest BCUT2D eigenvalue weighted by Gasteiger charge is 2.33. The molecule has 37 heavy (non-hydrogen) atoms. The average Bonchev–Trinajstić information content (AvgIpc) is 2.89. The third-order valence-corrected chi connectivity index (χ3v) is 8.46. The predicted molar refractivity (Wildman–Crippen MR) is 147 cm³/mol. The fourth-order valence-corrected chi connectivity index (χ4v) is 6.74. The zero-order valence-electron chi connectivity index (χ0n) is 20.6. The number of hydrogen-bond acceptors (Lipinski definition) is 6. The van der Waals surface area contributed by atoms with Gasteiger partial charge in [0.25, 0.3) is 0 Å². The maximum Gasteiger partial charge on any atom is 0.343 e. The smallest absolute Gasteiger partial charge is 0.343 e. The van der Waals surface area contributed by atoms with Crippen LogP contribution >= 0.6 is 30.9 Å². The third kappa shape index (κ3) is 7.66. The topological polar surface area (TPSA) is 109 Å². The third-order valence-electron chi connectivity index (χ3n) is 5.82. The summed E-state index contributed by atoms with van der Waals surface area (Å²) >= 11 is 11.2. The van der Waals surface area contributed by atoms with Crippen LogP contribution in [0.25, 0.3) is 11.0 Å². The first-order chi connectivity index (χ1) is 17.8. The Balaban J connectivity index is 0.000000233. The Morgan fingerprint density at radius 3 is 2.35 bits per heavy atom. The van der Waals surface area contributed by atoms with Crippen molar-refractivity contribution >= 4 is 47.6 Å². The van der Waals surface area contributed by atoms with E-state index >= 15 is 0 Å². The van der Waals surface area contributed by atoms with Crippen LogP contribution < -0.4 is 10.7 Å². The number of nitrogens with zero attached hydrogens (tertiary/aromatic N) is 1. The average molecular weight is 569 g/mol. The molecule has 8 nitrogen and oxygen atoms in total. The molecule has 2 aromatic carbocycles. The number of halogens is 2. The van der Waals surface area contributed by atoms with E-state index in [1.807, 2.05) is 30.3 Å². The molecule has 0 aliphatic carbocycles. The molecule has 0 amide bonds. The summed E-state index contributed by atoms with van der Waals surface area (Å²) in [7, 11) is -2.84. The number of alkyl halides is 2. The van der Waals surface area contributed by atoms with Gasteiger partial charge in [-0.3, -0.25) is 9.36 Å². The number of hydrogen-bond donors (Lipinski definition) is 2. The summed E-state index contributed by atoms with van der Waals surface area (Å²) in [5.41, 5.74) is 0.635. The molecule has 0 bridgehead atoms. The van der Waals surface area contributed by atoms with Crippen LogP contribution in [0.3, 0.4) is 0 Å². The summed E-state index contributed by atoms with van der Waals surface area (Å²) in [6.07, 6.45) is 1.01. The fourth-order valence-electron chi connectivity index (χ4n) is 4.09. The quantitative estimate of drug-likeness (QED) is 0.198. The van der Waals surface area contributed by atoms with Crippen molar-refractivity contribution in [3.05, 3.63) is 76.1 Å². The molecule has 200 valence electrons. The lowest BCUT2D eigenvalue weighted by Crippen LogP contribution is -2.35. The number of ketones is 1. The standard InChI is InChI=1S/C19H16O4.C7H15Cl2N2O2P/c1-12(20)11-15(13-7-3-2-4-8-13)17-18(21)14-9-5-6-10-16(14)23-19(17)22;8-2-5-11(6-3-9)14(12)10-4-1-7-13-14/h2-10,15,21H,11H2,1H3;1-7H2,(H,10,12). The zero-order chi connectivity index (χ0) is 26.8. The van der Waals surface area contributed by atoms with Crippen molar-refractivity contribution in [1.29, 1.82) is 0 Å². The summed E-state index contributed by atoms with van der Waals surface area (Å²) < 4.78 is 24.5. The zero-order valence-corrected chi connectivity index (χ0v) is 23.0. The van der Waals surface area contributed by atoms with Crippen LogP contribution in [0.4, 0.5) is 0 Å². The number of carbonyl (C=O) groups is 1. The molecule has 1 fully saturated rings. The molecule has 0 radical (unpaired) electrons. The number of nitrogens with one attached hydrogen (secondary N) is 1. The summed E-state index contributed by atoms with van der Waals surface area (Å²) in [6, 6.07) is 16.0.